The van der Waals surface area contributed by atoms with Crippen molar-refractivity contribution < 1.29 is 27.8 Å². The van der Waals surface area contributed by atoms with Gasteiger partial charge in [0.15, 0.2) is 40.1 Å². The third-order valence-electron chi connectivity index (χ3n) is 8.41. The predicted octanol–water partition coefficient (Wildman–Crippen LogP) is 8.16. The maximum Gasteiger partial charge on any atom is 0.257 e. The Hall–Kier alpha value is -6.46. The Kier molecular flexibility index (Phi) is 9.68. The molecule has 2 aromatic heterocycles. The first-order chi connectivity index (χ1) is 25.4. The number of carbonyl (C=O) groups excluding carboxylic acids is 1. The van der Waals surface area contributed by atoms with E-state index in [0.717, 1.165) is 21.6 Å². The third kappa shape index (κ3) is 6.81. The Morgan fingerprint density at radius 3 is 1.79 bits per heavy atom. The molecule has 2 heterocycles. The molecule has 0 unspecified atom stereocenters. The van der Waals surface area contributed by atoms with Crippen LogP contribution in [0.1, 0.15) is 0 Å². The molecule has 10 nitrogen and oxygen atoms in total. The lowest BCUT2D eigenvalue weighted by Gasteiger charge is -2.13. The van der Waals surface area contributed by atoms with Gasteiger partial charge >= 0.3 is 0 Å². The molecule has 2 N–H and O–H groups in total. The molecule has 0 aliphatic carbocycles. The minimum Gasteiger partial charge on any atom is -0.491 e. The number of anilines is 1. The van der Waals surface area contributed by atoms with Crippen LogP contribution in [0.5, 0.6) is 17.2 Å². The molecule has 260 valence electrons. The van der Waals surface area contributed by atoms with Crippen molar-refractivity contribution >= 4 is 45.5 Å². The fourth-order valence-corrected chi connectivity index (χ4v) is 6.38. The van der Waals surface area contributed by atoms with E-state index in [0.29, 0.717) is 44.9 Å². The van der Waals surface area contributed by atoms with Gasteiger partial charge in [0.1, 0.15) is 11.5 Å². The maximum absolute atomic E-state index is 13.1. The lowest BCUT2D eigenvalue weighted by atomic mass is 10.0. The Labute approximate surface area is 302 Å². The van der Waals surface area contributed by atoms with Crippen LogP contribution in [0.3, 0.4) is 0 Å². The zero-order valence-electron chi connectivity index (χ0n) is 28.4. The molecule has 52 heavy (non-hydrogen) atoms. The van der Waals surface area contributed by atoms with Crippen molar-refractivity contribution in [1.29, 1.82) is 0 Å². The van der Waals surface area contributed by atoms with Crippen LogP contribution < -0.4 is 35.1 Å². The average molecular weight is 713 g/mol. The molecule has 7 rings (SSSR count). The number of nitrogens with one attached hydrogen (secondary N) is 2. The largest absolute Gasteiger partial charge is 0.491 e. The number of fused-ring (bicyclic) bond motifs is 2. The Bertz CT molecular complexity index is 2530. The van der Waals surface area contributed by atoms with Gasteiger partial charge < -0.3 is 33.1 Å². The summed E-state index contributed by atoms with van der Waals surface area (Å²) in [5, 5.41) is 3.27. The lowest BCUT2D eigenvalue weighted by molar-refractivity contribution is -0.122. The summed E-state index contributed by atoms with van der Waals surface area (Å²) in [5.74, 6) is 1.47. The van der Waals surface area contributed by atoms with Crippen LogP contribution in [0.2, 0.25) is 0 Å². The Balaban J connectivity index is 1.08. The number of amides is 1. The number of ether oxygens (including phenoxy) is 3. The molecule has 5 aromatic carbocycles. The summed E-state index contributed by atoms with van der Waals surface area (Å²) in [6.07, 6.45) is 0. The first-order valence-electron chi connectivity index (χ1n) is 16.2. The second-order valence-electron chi connectivity index (χ2n) is 11.6. The van der Waals surface area contributed by atoms with E-state index in [1.807, 2.05) is 78.9 Å². The molecule has 11 heteroatoms. The maximum atomic E-state index is 13.1. The van der Waals surface area contributed by atoms with Gasteiger partial charge in [-0.15, -0.1) is 0 Å². The average Bonchev–Trinajstić information content (AvgIpc) is 3.19. The summed E-state index contributed by atoms with van der Waals surface area (Å²) in [5.41, 5.74) is 4.35. The van der Waals surface area contributed by atoms with E-state index in [4.69, 9.17) is 23.0 Å². The summed E-state index contributed by atoms with van der Waals surface area (Å²) < 4.78 is 32.6. The highest BCUT2D eigenvalue weighted by molar-refractivity contribution is 8.00. The number of likely N-dealkylation sites (N-methyl/N-ethyl adjacent to an activating group) is 1. The second-order valence-corrected chi connectivity index (χ2v) is 12.5. The second kappa shape index (κ2) is 14.8. The van der Waals surface area contributed by atoms with E-state index >= 15 is 0 Å². The van der Waals surface area contributed by atoms with E-state index in [9.17, 15) is 14.4 Å². The summed E-state index contributed by atoms with van der Waals surface area (Å²) in [7, 11) is 4.52. The summed E-state index contributed by atoms with van der Waals surface area (Å²) in [4.78, 5) is 38.7. The number of carbonyl (C=O) groups is 1. The van der Waals surface area contributed by atoms with Crippen LogP contribution in [0.4, 0.5) is 5.69 Å². The van der Waals surface area contributed by atoms with Crippen molar-refractivity contribution in [3.8, 4) is 51.0 Å². The van der Waals surface area contributed by atoms with Crippen molar-refractivity contribution in [2.45, 2.75) is 4.90 Å². The van der Waals surface area contributed by atoms with E-state index in [2.05, 4.69) is 10.0 Å². The number of methoxy groups -OCH3 is 2. The molecule has 0 spiro atoms. The summed E-state index contributed by atoms with van der Waals surface area (Å²) >= 11 is 1.40. The molecule has 0 bridgehead atoms. The van der Waals surface area contributed by atoms with Gasteiger partial charge in [-0.1, -0.05) is 66.7 Å². The van der Waals surface area contributed by atoms with Gasteiger partial charge in [0.05, 0.1) is 30.7 Å². The minimum atomic E-state index is -0.306. The van der Waals surface area contributed by atoms with E-state index < -0.39 is 0 Å². The van der Waals surface area contributed by atoms with Crippen molar-refractivity contribution in [3.05, 3.63) is 136 Å². The zero-order chi connectivity index (χ0) is 36.2. The molecule has 0 radical (unpaired) electrons. The van der Waals surface area contributed by atoms with Crippen molar-refractivity contribution in [3.63, 3.8) is 0 Å². The number of rotatable bonds is 11. The first-order valence-corrected chi connectivity index (χ1v) is 17.0. The normalized spacial score (nSPS) is 11.0. The van der Waals surface area contributed by atoms with Gasteiger partial charge in [-0.25, -0.2) is 0 Å². The number of hydrogen-bond donors (Lipinski definition) is 2. The summed E-state index contributed by atoms with van der Waals surface area (Å²) in [6.45, 7) is -0.212. The van der Waals surface area contributed by atoms with Crippen LogP contribution in [0.15, 0.2) is 139 Å². The first kappa shape index (κ1) is 34.0. The quantitative estimate of drug-likeness (QED) is 0.127. The van der Waals surface area contributed by atoms with Crippen LogP contribution in [-0.4, -0.2) is 33.8 Å². The monoisotopic (exact) mass is 712 g/mol. The molecule has 7 aromatic rings. The SMILES string of the molecule is CNC(=O)COc1ccc2c(=O)cc(-c3ccc(-c4ccc(SNc5ccc6c(=O)cc(-c7ccccc7)oc6c5OC)cc4)cc3)oc2c1OC. The van der Waals surface area contributed by atoms with E-state index in [1.165, 1.54) is 38.2 Å². The molecule has 0 fully saturated rings. The van der Waals surface area contributed by atoms with E-state index in [-0.39, 0.29) is 40.5 Å². The van der Waals surface area contributed by atoms with Crippen molar-refractivity contribution in [2.24, 2.45) is 0 Å². The predicted molar refractivity (Wildman–Crippen MR) is 203 cm³/mol. The highest BCUT2D eigenvalue weighted by atomic mass is 32.2. The molecule has 0 aliphatic rings. The molecule has 0 saturated heterocycles. The standard InChI is InChI=1S/C41H32N2O8S/c1-42-37(46)23-49-34-20-18-30-33(45)22-36(51-39(30)41(34)48-3)27-11-9-24(10-12-27)25-13-15-28(16-14-25)52-43-31-19-17-29-32(44)21-35(26-7-5-4-6-8-26)50-38(29)40(31)47-2/h4-22,43H,23H2,1-3H3,(H,42,46). The molecular formula is C41H32N2O8S. The lowest BCUT2D eigenvalue weighted by Crippen LogP contribution is -2.24. The molecule has 0 aliphatic heterocycles. The van der Waals surface area contributed by atoms with E-state index in [1.54, 1.807) is 31.4 Å². The fourth-order valence-electron chi connectivity index (χ4n) is 5.72. The minimum absolute atomic E-state index is 0.150. The van der Waals surface area contributed by atoms with Gasteiger partial charge in [-0.3, -0.25) is 14.4 Å². The van der Waals surface area contributed by atoms with Crippen molar-refractivity contribution in [2.75, 3.05) is 32.6 Å². The number of benzene rings is 5. The van der Waals surface area contributed by atoms with Gasteiger partial charge in [0.2, 0.25) is 5.75 Å². The van der Waals surface area contributed by atoms with Crippen molar-refractivity contribution in [1.82, 2.24) is 5.32 Å². The van der Waals surface area contributed by atoms with Crippen LogP contribution in [0.25, 0.3) is 55.7 Å². The molecule has 1 amide bonds. The Morgan fingerprint density at radius 2 is 1.19 bits per heavy atom. The molecule has 0 atom stereocenters. The Morgan fingerprint density at radius 1 is 0.654 bits per heavy atom. The van der Waals surface area contributed by atoms with Gasteiger partial charge in [0.25, 0.3) is 5.91 Å². The highest BCUT2D eigenvalue weighted by Crippen LogP contribution is 2.39. The topological polar surface area (TPSA) is 129 Å². The molecular weight excluding hydrogens is 681 g/mol. The smallest absolute Gasteiger partial charge is 0.257 e. The third-order valence-corrected chi connectivity index (χ3v) is 9.24. The van der Waals surface area contributed by atoms with Gasteiger partial charge in [-0.05, 0) is 59.5 Å². The zero-order valence-corrected chi connectivity index (χ0v) is 29.2. The molecule has 0 saturated carbocycles. The van der Waals surface area contributed by atoms with Crippen LogP contribution in [0, 0.1) is 0 Å². The number of hydrogen-bond acceptors (Lipinski definition) is 10. The summed E-state index contributed by atoms with van der Waals surface area (Å²) in [6, 6.07) is 34.8. The van der Waals surface area contributed by atoms with Crippen LogP contribution >= 0.6 is 11.9 Å². The highest BCUT2D eigenvalue weighted by Gasteiger charge is 2.18. The van der Waals surface area contributed by atoms with Gasteiger partial charge in [0, 0.05) is 35.2 Å². The van der Waals surface area contributed by atoms with Gasteiger partial charge in [-0.2, -0.15) is 0 Å². The van der Waals surface area contributed by atoms with Crippen LogP contribution in [-0.2, 0) is 4.79 Å². The fraction of sp³-hybridized carbons (Fsp3) is 0.0976.